The van der Waals surface area contributed by atoms with Crippen LogP contribution in [0.25, 0.3) is 16.6 Å². The number of nitrogens with zero attached hydrogens (tertiary/aromatic N) is 3. The summed E-state index contributed by atoms with van der Waals surface area (Å²) in [5.74, 6) is 0. The molecule has 0 radical (unpaired) electrons. The zero-order chi connectivity index (χ0) is 27.1. The number of hydrazine groups is 1. The average Bonchev–Trinajstić information content (AvgIpc) is 3.37. The third kappa shape index (κ3) is 5.19. The summed E-state index contributed by atoms with van der Waals surface area (Å²) in [7, 11) is -3.96. The Kier molecular flexibility index (Phi) is 7.56. The van der Waals surface area contributed by atoms with Gasteiger partial charge < -0.3 is 9.47 Å². The summed E-state index contributed by atoms with van der Waals surface area (Å²) in [6.07, 6.45) is -0.843. The van der Waals surface area contributed by atoms with E-state index < -0.39 is 34.4 Å². The summed E-state index contributed by atoms with van der Waals surface area (Å²) in [6, 6.07) is 13.6. The van der Waals surface area contributed by atoms with Crippen molar-refractivity contribution in [3.63, 3.8) is 0 Å². The Bertz CT molecular complexity index is 1490. The molecule has 0 bridgehead atoms. The number of benzene rings is 2. The van der Waals surface area contributed by atoms with Crippen LogP contribution >= 0.6 is 22.6 Å². The van der Waals surface area contributed by atoms with E-state index in [1.807, 2.05) is 6.92 Å². The minimum atomic E-state index is -3.96. The number of halogens is 1. The first-order valence-corrected chi connectivity index (χ1v) is 14.2. The van der Waals surface area contributed by atoms with Crippen molar-refractivity contribution in [2.75, 3.05) is 6.54 Å². The molecule has 3 aromatic rings. The van der Waals surface area contributed by atoms with E-state index in [4.69, 9.17) is 9.47 Å². The Balaban J connectivity index is 1.90. The lowest BCUT2D eigenvalue weighted by molar-refractivity contribution is 0.00453. The normalized spacial score (nSPS) is 14.3. The quantitative estimate of drug-likeness (QED) is 0.323. The molecule has 196 valence electrons. The number of hydrogen-bond donors (Lipinski definition) is 0. The molecule has 0 N–H and O–H groups in total. The summed E-state index contributed by atoms with van der Waals surface area (Å²) in [4.78, 5) is 26.4. The van der Waals surface area contributed by atoms with Gasteiger partial charge >= 0.3 is 12.2 Å². The fourth-order valence-corrected chi connectivity index (χ4v) is 6.20. The van der Waals surface area contributed by atoms with Gasteiger partial charge in [0, 0.05) is 20.7 Å². The Hall–Kier alpha value is -3.06. The molecule has 37 heavy (non-hydrogen) atoms. The van der Waals surface area contributed by atoms with Crippen LogP contribution in [0.2, 0.25) is 0 Å². The molecule has 1 aliphatic rings. The topological polar surface area (TPSA) is 98.1 Å². The molecule has 11 heteroatoms. The Labute approximate surface area is 229 Å². The van der Waals surface area contributed by atoms with E-state index in [-0.39, 0.29) is 11.4 Å². The van der Waals surface area contributed by atoms with Crippen LogP contribution in [-0.2, 0) is 19.5 Å². The summed E-state index contributed by atoms with van der Waals surface area (Å²) >= 11 is 2.06. The second-order valence-corrected chi connectivity index (χ2v) is 12.3. The summed E-state index contributed by atoms with van der Waals surface area (Å²) in [5, 5.41) is 2.91. The van der Waals surface area contributed by atoms with E-state index in [1.54, 1.807) is 76.2 Å². The molecule has 0 saturated heterocycles. The van der Waals surface area contributed by atoms with Crippen LogP contribution < -0.4 is 0 Å². The van der Waals surface area contributed by atoms with Crippen molar-refractivity contribution in [1.82, 2.24) is 14.0 Å². The van der Waals surface area contributed by atoms with Crippen LogP contribution in [0.4, 0.5) is 9.59 Å². The predicted molar refractivity (Wildman–Crippen MR) is 148 cm³/mol. The van der Waals surface area contributed by atoms with Crippen LogP contribution in [0, 0.1) is 6.92 Å². The fraction of sp³-hybridized carbons (Fsp3) is 0.308. The van der Waals surface area contributed by atoms with Crippen molar-refractivity contribution in [2.24, 2.45) is 0 Å². The molecule has 0 spiro atoms. The first-order chi connectivity index (χ1) is 17.4. The van der Waals surface area contributed by atoms with Gasteiger partial charge in [-0.05, 0) is 75.4 Å². The van der Waals surface area contributed by atoms with Crippen LogP contribution in [-0.4, -0.2) is 53.3 Å². The number of para-hydroxylation sites is 1. The lowest BCUT2D eigenvalue weighted by Gasteiger charge is -2.29. The third-order valence-electron chi connectivity index (χ3n) is 5.57. The molecule has 0 atom stereocenters. The van der Waals surface area contributed by atoms with Crippen LogP contribution in [0.15, 0.2) is 63.2 Å². The number of hydrogen-bond acceptors (Lipinski definition) is 6. The van der Waals surface area contributed by atoms with Crippen molar-refractivity contribution in [3.05, 3.63) is 69.4 Å². The van der Waals surface area contributed by atoms with E-state index in [2.05, 4.69) is 22.6 Å². The lowest BCUT2D eigenvalue weighted by Crippen LogP contribution is -2.46. The molecule has 9 nitrogen and oxygen atoms in total. The Morgan fingerprint density at radius 3 is 2.14 bits per heavy atom. The standard InChI is InChI=1S/C26H28IN3O6S/c1-16(2)35-25(31)28-15-22(27)24(30(28)26(32)36-17(3)4)21-14-29(23-9-7-6-8-20(21)23)37(33,34)19-12-10-18(5)11-13-19/h6-14,16-17H,15H2,1-5H3. The average molecular weight is 637 g/mol. The zero-order valence-electron chi connectivity index (χ0n) is 21.1. The maximum Gasteiger partial charge on any atom is 0.434 e. The maximum absolute atomic E-state index is 13.7. The second kappa shape index (κ2) is 10.4. The number of aryl methyl sites for hydroxylation is 1. The second-order valence-electron chi connectivity index (χ2n) is 9.16. The number of carbonyl (C=O) groups excluding carboxylic acids is 2. The van der Waals surface area contributed by atoms with Crippen molar-refractivity contribution in [2.45, 2.75) is 51.7 Å². The SMILES string of the molecule is Cc1ccc(S(=O)(=O)n2cc(C3=C(I)CN(C(=O)OC(C)C)N3C(=O)OC(C)C)c3ccccc32)cc1. The van der Waals surface area contributed by atoms with Crippen LogP contribution in [0.5, 0.6) is 0 Å². The largest absolute Gasteiger partial charge is 0.445 e. The van der Waals surface area contributed by atoms with Gasteiger partial charge in [0.25, 0.3) is 10.0 Å². The molecule has 4 rings (SSSR count). The van der Waals surface area contributed by atoms with Crippen LogP contribution in [0.3, 0.4) is 0 Å². The molecule has 1 aliphatic heterocycles. The molecule has 2 amide bonds. The van der Waals surface area contributed by atoms with Crippen molar-refractivity contribution in [1.29, 1.82) is 0 Å². The van der Waals surface area contributed by atoms with Gasteiger partial charge in [-0.15, -0.1) is 0 Å². The van der Waals surface area contributed by atoms with E-state index in [9.17, 15) is 18.0 Å². The van der Waals surface area contributed by atoms with Crippen molar-refractivity contribution in [3.8, 4) is 0 Å². The van der Waals surface area contributed by atoms with Crippen molar-refractivity contribution < 1.29 is 27.5 Å². The van der Waals surface area contributed by atoms with Crippen molar-refractivity contribution >= 4 is 61.4 Å². The molecule has 2 heterocycles. The summed E-state index contributed by atoms with van der Waals surface area (Å²) in [5.41, 5.74) is 2.21. The molecule has 0 aliphatic carbocycles. The number of fused-ring (bicyclic) bond motifs is 1. The zero-order valence-corrected chi connectivity index (χ0v) is 24.1. The molecular formula is C26H28IN3O6S. The van der Waals surface area contributed by atoms with Gasteiger partial charge in [-0.25, -0.2) is 27.0 Å². The molecular weight excluding hydrogens is 609 g/mol. The fourth-order valence-electron chi connectivity index (χ4n) is 3.98. The maximum atomic E-state index is 13.7. The first-order valence-electron chi connectivity index (χ1n) is 11.7. The smallest absolute Gasteiger partial charge is 0.434 e. The van der Waals surface area contributed by atoms with E-state index in [1.165, 1.54) is 15.2 Å². The minimum Gasteiger partial charge on any atom is -0.445 e. The predicted octanol–water partition coefficient (Wildman–Crippen LogP) is 5.91. The lowest BCUT2D eigenvalue weighted by atomic mass is 10.1. The van der Waals surface area contributed by atoms with Gasteiger partial charge in [0.1, 0.15) is 0 Å². The number of amides is 2. The number of rotatable bonds is 5. The molecule has 1 aromatic heterocycles. The molecule has 0 saturated carbocycles. The van der Waals surface area contributed by atoms with Gasteiger partial charge in [0.05, 0.1) is 34.9 Å². The van der Waals surface area contributed by atoms with Gasteiger partial charge in [-0.2, -0.15) is 5.01 Å². The minimum absolute atomic E-state index is 0.0683. The highest BCUT2D eigenvalue weighted by Crippen LogP contribution is 2.40. The highest BCUT2D eigenvalue weighted by molar-refractivity contribution is 14.1. The number of aromatic nitrogens is 1. The molecule has 0 fully saturated rings. The van der Waals surface area contributed by atoms with Gasteiger partial charge in [0.15, 0.2) is 0 Å². The summed E-state index contributed by atoms with van der Waals surface area (Å²) < 4.78 is 40.0. The van der Waals surface area contributed by atoms with E-state index in [0.29, 0.717) is 25.7 Å². The van der Waals surface area contributed by atoms with Gasteiger partial charge in [0.2, 0.25) is 0 Å². The summed E-state index contributed by atoms with van der Waals surface area (Å²) in [6.45, 7) is 8.80. The number of ether oxygens (including phenoxy) is 2. The Morgan fingerprint density at radius 1 is 0.919 bits per heavy atom. The molecule has 0 unspecified atom stereocenters. The monoisotopic (exact) mass is 637 g/mol. The number of carbonyl (C=O) groups is 2. The van der Waals surface area contributed by atoms with E-state index >= 15 is 0 Å². The highest BCUT2D eigenvalue weighted by Gasteiger charge is 2.41. The Morgan fingerprint density at radius 2 is 1.51 bits per heavy atom. The highest BCUT2D eigenvalue weighted by atomic mass is 127. The van der Waals surface area contributed by atoms with Crippen LogP contribution in [0.1, 0.15) is 38.8 Å². The third-order valence-corrected chi connectivity index (χ3v) is 8.11. The van der Waals surface area contributed by atoms with E-state index in [0.717, 1.165) is 10.6 Å². The molecule has 2 aromatic carbocycles. The first kappa shape index (κ1) is 27.0. The van der Waals surface area contributed by atoms with Gasteiger partial charge in [-0.3, -0.25) is 0 Å². The van der Waals surface area contributed by atoms with Gasteiger partial charge in [-0.1, -0.05) is 35.9 Å².